The van der Waals surface area contributed by atoms with Gasteiger partial charge in [-0.1, -0.05) is 11.6 Å². The second-order valence-electron chi connectivity index (χ2n) is 3.59. The number of amides is 1. The van der Waals surface area contributed by atoms with Gasteiger partial charge >= 0.3 is 0 Å². The van der Waals surface area contributed by atoms with Gasteiger partial charge in [-0.15, -0.1) is 0 Å². The summed E-state index contributed by atoms with van der Waals surface area (Å²) in [6.45, 7) is 2.46. The van der Waals surface area contributed by atoms with Crippen molar-refractivity contribution in [3.8, 4) is 5.75 Å². The molecule has 0 fully saturated rings. The van der Waals surface area contributed by atoms with Crippen molar-refractivity contribution in [3.05, 3.63) is 28.9 Å². The molecule has 0 aliphatic rings. The van der Waals surface area contributed by atoms with E-state index in [4.69, 9.17) is 16.3 Å². The summed E-state index contributed by atoms with van der Waals surface area (Å²) in [4.78, 5) is 14.7. The number of methoxy groups -OCH3 is 1. The number of nitrogens with one attached hydrogen (secondary N) is 2. The lowest BCUT2D eigenvalue weighted by Crippen LogP contribution is -2.22. The van der Waals surface area contributed by atoms with E-state index in [-0.39, 0.29) is 5.91 Å². The van der Waals surface area contributed by atoms with Gasteiger partial charge in [0.25, 0.3) is 5.91 Å². The van der Waals surface area contributed by atoms with Crippen molar-refractivity contribution in [1.82, 2.24) is 10.3 Å². The zero-order valence-electron chi connectivity index (χ0n) is 9.63. The zero-order chi connectivity index (χ0) is 12.4. The molecule has 5 heteroatoms. The quantitative estimate of drug-likeness (QED) is 0.882. The molecule has 4 nitrogen and oxygen atoms in total. The number of halogens is 1. The van der Waals surface area contributed by atoms with Crippen molar-refractivity contribution in [1.29, 1.82) is 0 Å². The van der Waals surface area contributed by atoms with Crippen molar-refractivity contribution in [2.75, 3.05) is 13.7 Å². The first-order chi connectivity index (χ1) is 8.17. The van der Waals surface area contributed by atoms with Gasteiger partial charge < -0.3 is 15.0 Å². The maximum Gasteiger partial charge on any atom is 0.267 e. The maximum atomic E-state index is 11.7. The number of benzene rings is 1. The van der Waals surface area contributed by atoms with Gasteiger partial charge in [0.05, 0.1) is 12.1 Å². The molecule has 17 heavy (non-hydrogen) atoms. The predicted octanol–water partition coefficient (Wildman–Crippen LogP) is 2.58. The molecule has 0 bridgehead atoms. The molecule has 1 aromatic heterocycles. The number of fused-ring (bicyclic) bond motifs is 1. The lowest BCUT2D eigenvalue weighted by Gasteiger charge is -2.02. The van der Waals surface area contributed by atoms with E-state index in [9.17, 15) is 4.79 Å². The van der Waals surface area contributed by atoms with Gasteiger partial charge in [0.2, 0.25) is 0 Å². The third-order valence-corrected chi connectivity index (χ3v) is 2.89. The lowest BCUT2D eigenvalue weighted by atomic mass is 10.2. The number of carbonyl (C=O) groups excluding carboxylic acids is 1. The number of ether oxygens (including phenoxy) is 1. The van der Waals surface area contributed by atoms with Crippen LogP contribution in [-0.2, 0) is 0 Å². The molecule has 1 aromatic carbocycles. The van der Waals surface area contributed by atoms with Gasteiger partial charge in [-0.05, 0) is 25.1 Å². The number of hydrogen-bond donors (Lipinski definition) is 2. The summed E-state index contributed by atoms with van der Waals surface area (Å²) in [5.74, 6) is 0.458. The van der Waals surface area contributed by atoms with Crippen LogP contribution >= 0.6 is 11.6 Å². The molecule has 2 N–H and O–H groups in total. The monoisotopic (exact) mass is 252 g/mol. The highest BCUT2D eigenvalue weighted by molar-refractivity contribution is 6.37. The summed E-state index contributed by atoms with van der Waals surface area (Å²) < 4.78 is 5.12. The van der Waals surface area contributed by atoms with Gasteiger partial charge in [0, 0.05) is 17.4 Å². The molecular weight excluding hydrogens is 240 g/mol. The second-order valence-corrected chi connectivity index (χ2v) is 3.96. The first-order valence-corrected chi connectivity index (χ1v) is 5.68. The molecule has 0 saturated heterocycles. The molecule has 1 amide bonds. The van der Waals surface area contributed by atoms with Crippen LogP contribution in [0.4, 0.5) is 0 Å². The van der Waals surface area contributed by atoms with E-state index in [1.54, 1.807) is 19.2 Å². The average molecular weight is 253 g/mol. The van der Waals surface area contributed by atoms with E-state index in [0.717, 1.165) is 10.9 Å². The van der Waals surface area contributed by atoms with Crippen LogP contribution in [0, 0.1) is 0 Å². The molecule has 2 rings (SSSR count). The minimum Gasteiger partial charge on any atom is -0.495 e. The molecule has 0 radical (unpaired) electrons. The Labute approximate surface area is 104 Å². The topological polar surface area (TPSA) is 54.1 Å². The Hall–Kier alpha value is -1.68. The molecule has 0 atom stereocenters. The van der Waals surface area contributed by atoms with Gasteiger partial charge in [-0.3, -0.25) is 4.79 Å². The van der Waals surface area contributed by atoms with E-state index in [2.05, 4.69) is 10.3 Å². The van der Waals surface area contributed by atoms with E-state index >= 15 is 0 Å². The van der Waals surface area contributed by atoms with Crippen molar-refractivity contribution < 1.29 is 9.53 Å². The highest BCUT2D eigenvalue weighted by Gasteiger charge is 2.12. The number of aromatic amines is 1. The molecule has 0 spiro atoms. The Morgan fingerprint density at radius 2 is 2.29 bits per heavy atom. The number of aromatic nitrogens is 1. The summed E-state index contributed by atoms with van der Waals surface area (Å²) in [7, 11) is 1.56. The minimum absolute atomic E-state index is 0.140. The number of rotatable bonds is 3. The van der Waals surface area contributed by atoms with Crippen LogP contribution in [0.25, 0.3) is 10.9 Å². The normalized spacial score (nSPS) is 10.5. The molecule has 90 valence electrons. The predicted molar refractivity (Wildman–Crippen MR) is 67.9 cm³/mol. The van der Waals surface area contributed by atoms with Crippen molar-refractivity contribution in [2.45, 2.75) is 6.92 Å². The first kappa shape index (κ1) is 11.8. The fourth-order valence-electron chi connectivity index (χ4n) is 1.68. The smallest absolute Gasteiger partial charge is 0.267 e. The maximum absolute atomic E-state index is 11.7. The van der Waals surface area contributed by atoms with Gasteiger partial charge in [-0.2, -0.15) is 0 Å². The van der Waals surface area contributed by atoms with Crippen LogP contribution in [0.5, 0.6) is 5.75 Å². The van der Waals surface area contributed by atoms with Gasteiger partial charge in [0.15, 0.2) is 0 Å². The highest BCUT2D eigenvalue weighted by Crippen LogP contribution is 2.32. The van der Waals surface area contributed by atoms with Crippen LogP contribution in [0.2, 0.25) is 5.02 Å². The summed E-state index contributed by atoms with van der Waals surface area (Å²) in [5, 5.41) is 4.02. The average Bonchev–Trinajstić information content (AvgIpc) is 2.75. The molecule has 2 aromatic rings. The van der Waals surface area contributed by atoms with Crippen LogP contribution in [0.3, 0.4) is 0 Å². The van der Waals surface area contributed by atoms with E-state index in [0.29, 0.717) is 23.0 Å². The largest absolute Gasteiger partial charge is 0.495 e. The van der Waals surface area contributed by atoms with Crippen molar-refractivity contribution in [3.63, 3.8) is 0 Å². The standard InChI is InChI=1S/C12H13ClN2O2/c1-3-14-12(16)9-6-7-8(15-9)4-5-10(17-2)11(7)13/h4-6,15H,3H2,1-2H3,(H,14,16). The molecule has 0 unspecified atom stereocenters. The van der Waals surface area contributed by atoms with Crippen LogP contribution in [-0.4, -0.2) is 24.5 Å². The number of hydrogen-bond acceptors (Lipinski definition) is 2. The zero-order valence-corrected chi connectivity index (χ0v) is 10.4. The van der Waals surface area contributed by atoms with E-state index < -0.39 is 0 Å². The Balaban J connectivity index is 2.50. The van der Waals surface area contributed by atoms with Crippen LogP contribution in [0.1, 0.15) is 17.4 Å². The third-order valence-electron chi connectivity index (χ3n) is 2.50. The summed E-state index contributed by atoms with van der Waals surface area (Å²) in [6, 6.07) is 5.33. The molecule has 0 aliphatic heterocycles. The Morgan fingerprint density at radius 1 is 1.53 bits per heavy atom. The minimum atomic E-state index is -0.140. The molecule has 0 saturated carbocycles. The fourth-order valence-corrected chi connectivity index (χ4v) is 1.98. The summed E-state index contributed by atoms with van der Waals surface area (Å²) >= 11 is 6.16. The summed E-state index contributed by atoms with van der Waals surface area (Å²) in [6.07, 6.45) is 0. The number of H-pyrrole nitrogens is 1. The Kier molecular flexibility index (Phi) is 3.24. The Bertz CT molecular complexity index is 563. The third kappa shape index (κ3) is 2.08. The second kappa shape index (κ2) is 4.67. The molecular formula is C12H13ClN2O2. The summed E-state index contributed by atoms with van der Waals surface area (Å²) in [5.41, 5.74) is 1.31. The van der Waals surface area contributed by atoms with E-state index in [1.165, 1.54) is 0 Å². The highest BCUT2D eigenvalue weighted by atomic mass is 35.5. The lowest BCUT2D eigenvalue weighted by molar-refractivity contribution is 0.0951. The van der Waals surface area contributed by atoms with Crippen LogP contribution < -0.4 is 10.1 Å². The Morgan fingerprint density at radius 3 is 2.94 bits per heavy atom. The van der Waals surface area contributed by atoms with Gasteiger partial charge in [-0.25, -0.2) is 0 Å². The van der Waals surface area contributed by atoms with E-state index in [1.807, 2.05) is 13.0 Å². The van der Waals surface area contributed by atoms with Crippen molar-refractivity contribution >= 4 is 28.4 Å². The SMILES string of the molecule is CCNC(=O)c1cc2c(Cl)c(OC)ccc2[nH]1. The first-order valence-electron chi connectivity index (χ1n) is 5.30. The number of carbonyl (C=O) groups is 1. The molecule has 1 heterocycles. The fraction of sp³-hybridized carbons (Fsp3) is 0.250. The van der Waals surface area contributed by atoms with Gasteiger partial charge in [0.1, 0.15) is 11.4 Å². The van der Waals surface area contributed by atoms with Crippen molar-refractivity contribution in [2.24, 2.45) is 0 Å². The van der Waals surface area contributed by atoms with Crippen LogP contribution in [0.15, 0.2) is 18.2 Å². The molecule has 0 aliphatic carbocycles.